The summed E-state index contributed by atoms with van der Waals surface area (Å²) in [6.07, 6.45) is 2.41. The molecule has 17 heavy (non-hydrogen) atoms. The maximum absolute atomic E-state index is 13.3. The molecule has 1 rings (SSSR count). The normalized spacial score (nSPS) is 11.1. The summed E-state index contributed by atoms with van der Waals surface area (Å²) < 4.78 is 13.3. The predicted octanol–water partition coefficient (Wildman–Crippen LogP) is 2.91. The van der Waals surface area contributed by atoms with Crippen molar-refractivity contribution in [3.63, 3.8) is 0 Å². The molecule has 0 bridgehead atoms. The molecule has 1 aromatic rings. The fourth-order valence-electron chi connectivity index (χ4n) is 1.87. The Hall–Kier alpha value is -0.930. The number of halogens is 1. The van der Waals surface area contributed by atoms with Gasteiger partial charge in [-0.3, -0.25) is 4.90 Å². The van der Waals surface area contributed by atoms with E-state index in [0.717, 1.165) is 25.2 Å². The molecule has 0 aliphatic heterocycles. The molecule has 96 valence electrons. The van der Waals surface area contributed by atoms with Gasteiger partial charge in [0.2, 0.25) is 0 Å². The van der Waals surface area contributed by atoms with Crippen LogP contribution in [0.4, 0.5) is 4.39 Å². The first kappa shape index (κ1) is 14.1. The van der Waals surface area contributed by atoms with Gasteiger partial charge in [0.25, 0.3) is 0 Å². The van der Waals surface area contributed by atoms with Crippen LogP contribution in [0.5, 0.6) is 0 Å². The second kappa shape index (κ2) is 7.41. The first-order chi connectivity index (χ1) is 8.21. The second-order valence-corrected chi connectivity index (χ2v) is 4.35. The van der Waals surface area contributed by atoms with Gasteiger partial charge in [0, 0.05) is 18.7 Å². The number of nitrogens with zero attached hydrogens (tertiary/aromatic N) is 1. The molecule has 0 saturated carbocycles. The fraction of sp³-hybridized carbons (Fsp3) is 0.571. The van der Waals surface area contributed by atoms with Gasteiger partial charge in [-0.1, -0.05) is 32.4 Å². The Morgan fingerprint density at radius 1 is 1.29 bits per heavy atom. The van der Waals surface area contributed by atoms with Crippen molar-refractivity contribution in [2.24, 2.45) is 5.73 Å². The molecular weight excluding hydrogens is 215 g/mol. The van der Waals surface area contributed by atoms with Gasteiger partial charge < -0.3 is 5.73 Å². The number of nitrogens with two attached hydrogens (primary N) is 1. The number of hydrogen-bond acceptors (Lipinski definition) is 2. The lowest BCUT2D eigenvalue weighted by molar-refractivity contribution is 0.275. The smallest absolute Gasteiger partial charge is 0.127 e. The summed E-state index contributed by atoms with van der Waals surface area (Å²) in [6, 6.07) is 5.25. The molecule has 2 nitrogen and oxygen atoms in total. The lowest BCUT2D eigenvalue weighted by atomic mass is 10.1. The zero-order valence-electron chi connectivity index (χ0n) is 10.9. The van der Waals surface area contributed by atoms with E-state index in [1.54, 1.807) is 0 Å². The summed E-state index contributed by atoms with van der Waals surface area (Å²) in [4.78, 5) is 2.37. The highest BCUT2D eigenvalue weighted by molar-refractivity contribution is 5.24. The second-order valence-electron chi connectivity index (χ2n) is 4.35. The maximum Gasteiger partial charge on any atom is 0.127 e. The Kier molecular flexibility index (Phi) is 6.16. The zero-order chi connectivity index (χ0) is 12.7. The average molecular weight is 238 g/mol. The van der Waals surface area contributed by atoms with Crippen LogP contribution < -0.4 is 5.73 Å². The average Bonchev–Trinajstić information content (AvgIpc) is 2.36. The number of rotatable bonds is 7. The first-order valence-electron chi connectivity index (χ1n) is 6.41. The molecule has 2 N–H and O–H groups in total. The topological polar surface area (TPSA) is 29.3 Å². The van der Waals surface area contributed by atoms with E-state index in [9.17, 15) is 4.39 Å². The molecule has 0 saturated heterocycles. The SMILES string of the molecule is CCCCN(CC)Cc1ccc(F)c(CN)c1. The largest absolute Gasteiger partial charge is 0.326 e. The summed E-state index contributed by atoms with van der Waals surface area (Å²) in [6.45, 7) is 7.61. The minimum atomic E-state index is -0.201. The molecule has 0 unspecified atom stereocenters. The van der Waals surface area contributed by atoms with Crippen LogP contribution in [-0.4, -0.2) is 18.0 Å². The summed E-state index contributed by atoms with van der Waals surface area (Å²) in [5.41, 5.74) is 7.26. The van der Waals surface area contributed by atoms with Gasteiger partial charge in [-0.2, -0.15) is 0 Å². The Bertz CT molecular complexity index is 339. The van der Waals surface area contributed by atoms with Crippen molar-refractivity contribution in [3.8, 4) is 0 Å². The van der Waals surface area contributed by atoms with Crippen LogP contribution in [0.3, 0.4) is 0 Å². The zero-order valence-corrected chi connectivity index (χ0v) is 10.9. The number of benzene rings is 1. The van der Waals surface area contributed by atoms with E-state index in [-0.39, 0.29) is 12.4 Å². The van der Waals surface area contributed by atoms with Crippen LogP contribution in [0, 0.1) is 5.82 Å². The van der Waals surface area contributed by atoms with Gasteiger partial charge in [0.1, 0.15) is 5.82 Å². The van der Waals surface area contributed by atoms with Crippen LogP contribution in [0.2, 0.25) is 0 Å². The standard InChI is InChI=1S/C14H23FN2/c1-3-5-8-17(4-2)11-12-6-7-14(15)13(9-12)10-16/h6-7,9H,3-5,8,10-11,16H2,1-2H3. The quantitative estimate of drug-likeness (QED) is 0.791. The van der Waals surface area contributed by atoms with Crippen LogP contribution in [0.25, 0.3) is 0 Å². The van der Waals surface area contributed by atoms with Gasteiger partial charge in [0.05, 0.1) is 0 Å². The van der Waals surface area contributed by atoms with Gasteiger partial charge in [-0.05, 0) is 31.1 Å². The molecule has 0 spiro atoms. The molecular formula is C14H23FN2. The summed E-state index contributed by atoms with van der Waals surface area (Å²) in [7, 11) is 0. The van der Waals surface area contributed by atoms with Crippen molar-refractivity contribution >= 4 is 0 Å². The molecule has 1 aromatic carbocycles. The molecule has 0 atom stereocenters. The third-order valence-electron chi connectivity index (χ3n) is 3.01. The van der Waals surface area contributed by atoms with E-state index in [0.29, 0.717) is 5.56 Å². The Morgan fingerprint density at radius 2 is 2.06 bits per heavy atom. The summed E-state index contributed by atoms with van der Waals surface area (Å²) in [5, 5.41) is 0. The van der Waals surface area contributed by atoms with Gasteiger partial charge in [-0.25, -0.2) is 4.39 Å². The van der Waals surface area contributed by atoms with Crippen molar-refractivity contribution in [1.29, 1.82) is 0 Å². The number of unbranched alkanes of at least 4 members (excludes halogenated alkanes) is 1. The van der Waals surface area contributed by atoms with Crippen molar-refractivity contribution in [2.45, 2.75) is 39.8 Å². The predicted molar refractivity (Wildman–Crippen MR) is 70.2 cm³/mol. The van der Waals surface area contributed by atoms with Gasteiger partial charge in [-0.15, -0.1) is 0 Å². The molecule has 0 heterocycles. The van der Waals surface area contributed by atoms with Gasteiger partial charge in [0.15, 0.2) is 0 Å². The van der Waals surface area contributed by atoms with Gasteiger partial charge >= 0.3 is 0 Å². The van der Waals surface area contributed by atoms with Crippen molar-refractivity contribution in [1.82, 2.24) is 4.90 Å². The van der Waals surface area contributed by atoms with E-state index in [1.165, 1.54) is 18.9 Å². The van der Waals surface area contributed by atoms with E-state index < -0.39 is 0 Å². The molecule has 0 aliphatic carbocycles. The van der Waals surface area contributed by atoms with E-state index in [1.807, 2.05) is 12.1 Å². The molecule has 0 radical (unpaired) electrons. The van der Waals surface area contributed by atoms with E-state index >= 15 is 0 Å². The monoisotopic (exact) mass is 238 g/mol. The van der Waals surface area contributed by atoms with E-state index in [4.69, 9.17) is 5.73 Å². The fourth-order valence-corrected chi connectivity index (χ4v) is 1.87. The van der Waals surface area contributed by atoms with Crippen LogP contribution in [0.15, 0.2) is 18.2 Å². The maximum atomic E-state index is 13.3. The third kappa shape index (κ3) is 4.44. The van der Waals surface area contributed by atoms with Crippen LogP contribution in [0.1, 0.15) is 37.8 Å². The summed E-state index contributed by atoms with van der Waals surface area (Å²) >= 11 is 0. The lowest BCUT2D eigenvalue weighted by Gasteiger charge is -2.20. The highest BCUT2D eigenvalue weighted by atomic mass is 19.1. The van der Waals surface area contributed by atoms with Crippen molar-refractivity contribution < 1.29 is 4.39 Å². The molecule has 3 heteroatoms. The Labute approximate surface area is 104 Å². The van der Waals surface area contributed by atoms with Crippen LogP contribution in [-0.2, 0) is 13.1 Å². The first-order valence-corrected chi connectivity index (χ1v) is 6.41. The molecule has 0 fully saturated rings. The van der Waals surface area contributed by atoms with Crippen LogP contribution >= 0.6 is 0 Å². The minimum absolute atomic E-state index is 0.201. The minimum Gasteiger partial charge on any atom is -0.326 e. The third-order valence-corrected chi connectivity index (χ3v) is 3.01. The summed E-state index contributed by atoms with van der Waals surface area (Å²) in [5.74, 6) is -0.201. The molecule has 0 amide bonds. The lowest BCUT2D eigenvalue weighted by Crippen LogP contribution is -2.24. The Balaban J connectivity index is 2.65. The van der Waals surface area contributed by atoms with Crippen molar-refractivity contribution in [2.75, 3.05) is 13.1 Å². The van der Waals surface area contributed by atoms with E-state index in [2.05, 4.69) is 18.7 Å². The highest BCUT2D eigenvalue weighted by Crippen LogP contribution is 2.12. The highest BCUT2D eigenvalue weighted by Gasteiger charge is 2.06. The molecule has 0 aromatic heterocycles. The Morgan fingerprint density at radius 3 is 2.65 bits per heavy atom. The molecule has 0 aliphatic rings. The van der Waals surface area contributed by atoms with Crippen molar-refractivity contribution in [3.05, 3.63) is 35.1 Å². The number of hydrogen-bond donors (Lipinski definition) is 1.